The summed E-state index contributed by atoms with van der Waals surface area (Å²) in [6.07, 6.45) is 2.36. The molecule has 0 spiro atoms. The third kappa shape index (κ3) is 6.02. The average molecular weight is 454 g/mol. The minimum atomic E-state index is -1.14. The molecule has 0 bridgehead atoms. The lowest BCUT2D eigenvalue weighted by molar-refractivity contribution is -0.158. The molecule has 32 heavy (non-hydrogen) atoms. The predicted molar refractivity (Wildman–Crippen MR) is 115 cm³/mol. The van der Waals surface area contributed by atoms with Crippen molar-refractivity contribution in [1.82, 2.24) is 19.5 Å². The summed E-state index contributed by atoms with van der Waals surface area (Å²) < 4.78 is 12.2. The number of hydrogen-bond donors (Lipinski definition) is 5. The maximum Gasteiger partial charge on any atom is 0.322 e. The first-order valence-electron chi connectivity index (χ1n) is 10.3. The van der Waals surface area contributed by atoms with E-state index in [4.69, 9.17) is 26.7 Å². The van der Waals surface area contributed by atoms with Gasteiger partial charge in [-0.15, -0.1) is 0 Å². The fourth-order valence-electron chi connectivity index (χ4n) is 2.84. The van der Waals surface area contributed by atoms with Crippen molar-refractivity contribution in [2.75, 3.05) is 25.6 Å². The van der Waals surface area contributed by atoms with Crippen molar-refractivity contribution in [1.29, 1.82) is 0 Å². The Morgan fingerprint density at radius 1 is 1.19 bits per heavy atom. The molecule has 2 heterocycles. The van der Waals surface area contributed by atoms with Crippen LogP contribution in [0.1, 0.15) is 33.1 Å². The Hall–Kier alpha value is -3.03. The van der Waals surface area contributed by atoms with Gasteiger partial charge < -0.3 is 36.3 Å². The molecule has 8 N–H and O–H groups in total. The highest BCUT2D eigenvalue weighted by Crippen LogP contribution is 2.25. The van der Waals surface area contributed by atoms with Gasteiger partial charge in [-0.25, -0.2) is 4.98 Å². The first-order valence-corrected chi connectivity index (χ1v) is 10.3. The van der Waals surface area contributed by atoms with Crippen LogP contribution in [0.2, 0.25) is 0 Å². The van der Waals surface area contributed by atoms with Gasteiger partial charge in [-0.1, -0.05) is 13.8 Å². The van der Waals surface area contributed by atoms with Crippen LogP contribution in [0, 0.1) is 5.41 Å². The van der Waals surface area contributed by atoms with Crippen LogP contribution in [-0.4, -0.2) is 68.5 Å². The summed E-state index contributed by atoms with van der Waals surface area (Å²) in [5.41, 5.74) is 15.8. The number of ether oxygens (including phenoxy) is 2. The molecule has 0 aliphatic carbocycles. The molecule has 0 saturated heterocycles. The van der Waals surface area contributed by atoms with Gasteiger partial charge in [0, 0.05) is 6.54 Å². The quantitative estimate of drug-likeness (QED) is 0.236. The number of aliphatic hydroxyl groups is 1. The summed E-state index contributed by atoms with van der Waals surface area (Å²) in [7, 11) is 0. The van der Waals surface area contributed by atoms with Crippen LogP contribution < -0.4 is 22.8 Å². The molecule has 0 aromatic carbocycles. The molecule has 178 valence electrons. The number of anilines is 1. The van der Waals surface area contributed by atoms with E-state index in [1.54, 1.807) is 18.4 Å². The number of aromatic amines is 1. The Morgan fingerprint density at radius 3 is 2.25 bits per heavy atom. The van der Waals surface area contributed by atoms with E-state index in [0.29, 0.717) is 12.8 Å². The third-order valence-electron chi connectivity index (χ3n) is 5.24. The highest BCUT2D eigenvalue weighted by molar-refractivity contribution is 5.76. The number of esters is 2. The fourth-order valence-corrected chi connectivity index (χ4v) is 2.84. The van der Waals surface area contributed by atoms with Crippen molar-refractivity contribution < 1.29 is 24.2 Å². The molecular formula is C19H31N7O6. The van der Waals surface area contributed by atoms with Crippen molar-refractivity contribution in [3.63, 3.8) is 0 Å². The molecule has 2 rings (SSSR count). The fraction of sp³-hybridized carbons (Fsp3) is 0.632. The topological polar surface area (TPSA) is 214 Å². The number of nitrogens with two attached hydrogens (primary N) is 3. The number of aliphatic hydroxyl groups excluding tert-OH is 1. The number of nitrogen functional groups attached to an aromatic ring is 1. The summed E-state index contributed by atoms with van der Waals surface area (Å²) in [5, 5.41) is 10.2. The Bertz CT molecular complexity index is 962. The summed E-state index contributed by atoms with van der Waals surface area (Å²) >= 11 is 0. The molecular weight excluding hydrogens is 422 g/mol. The maximum absolute atomic E-state index is 12.1. The number of carbonyl (C=O) groups excluding carboxylic acids is 2. The number of nitrogens with zero attached hydrogens (tertiary/aromatic N) is 3. The number of fused-ring (bicyclic) bond motifs is 1. The number of aryl methyl sites for hydroxylation is 1. The second kappa shape index (κ2) is 11.0. The number of rotatable bonds is 12. The summed E-state index contributed by atoms with van der Waals surface area (Å²) in [6.45, 7) is 2.75. The molecule has 13 nitrogen and oxygen atoms in total. The van der Waals surface area contributed by atoms with Gasteiger partial charge in [0.05, 0.1) is 18.3 Å². The maximum atomic E-state index is 12.1. The van der Waals surface area contributed by atoms with Crippen LogP contribution in [0.5, 0.6) is 0 Å². The molecule has 2 atom stereocenters. The van der Waals surface area contributed by atoms with Crippen molar-refractivity contribution in [3.05, 3.63) is 16.7 Å². The first-order chi connectivity index (χ1) is 15.2. The molecule has 0 amide bonds. The molecule has 0 saturated carbocycles. The molecule has 2 aromatic rings. The van der Waals surface area contributed by atoms with E-state index in [0.717, 1.165) is 0 Å². The van der Waals surface area contributed by atoms with Gasteiger partial charge in [0.25, 0.3) is 5.56 Å². The Kier molecular flexibility index (Phi) is 8.69. The van der Waals surface area contributed by atoms with Gasteiger partial charge >= 0.3 is 11.9 Å². The number of nitrogens with one attached hydrogen (secondary N) is 1. The standard InChI is InChI=1S/C19H31N7O6/c1-3-11(20)16(29)31-8-19(7-27,9-32-17(30)12(21)4-2)5-6-26-10-23-13-14(26)24-18(22)25-15(13)28/h10-12,27H,3-9,20-21H2,1-2H3,(H3,22,24,25,28). The van der Waals surface area contributed by atoms with E-state index >= 15 is 0 Å². The first kappa shape index (κ1) is 25.2. The third-order valence-corrected chi connectivity index (χ3v) is 5.24. The zero-order valence-electron chi connectivity index (χ0n) is 18.2. The molecule has 2 aromatic heterocycles. The van der Waals surface area contributed by atoms with Crippen molar-refractivity contribution >= 4 is 29.1 Å². The summed E-state index contributed by atoms with van der Waals surface area (Å²) in [4.78, 5) is 46.6. The monoisotopic (exact) mass is 453 g/mol. The lowest BCUT2D eigenvalue weighted by Crippen LogP contribution is -2.43. The minimum absolute atomic E-state index is 0.0670. The number of imidazole rings is 1. The molecule has 0 fully saturated rings. The van der Waals surface area contributed by atoms with Crippen LogP contribution in [0.3, 0.4) is 0 Å². The largest absolute Gasteiger partial charge is 0.464 e. The molecule has 0 aliphatic rings. The summed E-state index contributed by atoms with van der Waals surface area (Å²) in [5.74, 6) is -1.32. The van der Waals surface area contributed by atoms with E-state index < -0.39 is 41.6 Å². The van der Waals surface area contributed by atoms with Gasteiger partial charge in [0.15, 0.2) is 11.2 Å². The number of carbonyl (C=O) groups is 2. The van der Waals surface area contributed by atoms with Crippen LogP contribution >= 0.6 is 0 Å². The smallest absolute Gasteiger partial charge is 0.322 e. The Labute approximate surface area is 184 Å². The van der Waals surface area contributed by atoms with E-state index in [-0.39, 0.29) is 43.3 Å². The van der Waals surface area contributed by atoms with Gasteiger partial charge in [0.1, 0.15) is 25.3 Å². The zero-order chi connectivity index (χ0) is 23.9. The Morgan fingerprint density at radius 2 is 1.75 bits per heavy atom. The minimum Gasteiger partial charge on any atom is -0.464 e. The molecule has 13 heteroatoms. The van der Waals surface area contributed by atoms with Gasteiger partial charge in [-0.2, -0.15) is 4.98 Å². The number of hydrogen-bond acceptors (Lipinski definition) is 11. The second-order valence-electron chi connectivity index (χ2n) is 7.71. The van der Waals surface area contributed by atoms with E-state index in [1.165, 1.54) is 6.33 Å². The van der Waals surface area contributed by atoms with Gasteiger partial charge in [0.2, 0.25) is 5.95 Å². The highest BCUT2D eigenvalue weighted by atomic mass is 16.6. The molecule has 0 aliphatic heterocycles. The van der Waals surface area contributed by atoms with Crippen LogP contribution in [-0.2, 0) is 25.6 Å². The van der Waals surface area contributed by atoms with E-state index in [1.807, 2.05) is 0 Å². The summed E-state index contributed by atoms with van der Waals surface area (Å²) in [6, 6.07) is -1.61. The lowest BCUT2D eigenvalue weighted by atomic mass is 9.87. The van der Waals surface area contributed by atoms with Crippen LogP contribution in [0.4, 0.5) is 5.95 Å². The van der Waals surface area contributed by atoms with E-state index in [9.17, 15) is 19.5 Å². The average Bonchev–Trinajstić information content (AvgIpc) is 3.20. The predicted octanol–water partition coefficient (Wildman–Crippen LogP) is -1.37. The number of aromatic nitrogens is 4. The molecule has 0 radical (unpaired) electrons. The zero-order valence-corrected chi connectivity index (χ0v) is 18.2. The van der Waals surface area contributed by atoms with Crippen molar-refractivity contribution in [3.8, 4) is 0 Å². The van der Waals surface area contributed by atoms with Crippen molar-refractivity contribution in [2.24, 2.45) is 16.9 Å². The van der Waals surface area contributed by atoms with Gasteiger partial charge in [-0.3, -0.25) is 19.4 Å². The number of H-pyrrole nitrogens is 1. The Balaban J connectivity index is 2.23. The van der Waals surface area contributed by atoms with Crippen molar-refractivity contribution in [2.45, 2.75) is 51.7 Å². The van der Waals surface area contributed by atoms with Crippen LogP contribution in [0.15, 0.2) is 11.1 Å². The van der Waals surface area contributed by atoms with Gasteiger partial charge in [-0.05, 0) is 19.3 Å². The molecule has 2 unspecified atom stereocenters. The lowest BCUT2D eigenvalue weighted by Gasteiger charge is -2.31. The van der Waals surface area contributed by atoms with Crippen LogP contribution in [0.25, 0.3) is 11.2 Å². The normalized spacial score (nSPS) is 15.2. The SMILES string of the molecule is CCC(N)C(=O)OCC(CO)(CCn1cnc2c(=O)[nH]c(N)nc21)COC(=O)C(N)CC. The second-order valence-corrected chi connectivity index (χ2v) is 7.71. The van der Waals surface area contributed by atoms with E-state index in [2.05, 4.69) is 15.0 Å². The highest BCUT2D eigenvalue weighted by Gasteiger charge is 2.35.